The molecule has 2 aliphatic rings. The summed E-state index contributed by atoms with van der Waals surface area (Å²) in [6.45, 7) is 2.92. The Balaban J connectivity index is 1.84. The quantitative estimate of drug-likeness (QED) is 0.855. The van der Waals surface area contributed by atoms with Crippen molar-refractivity contribution in [2.45, 2.75) is 55.7 Å². The summed E-state index contributed by atoms with van der Waals surface area (Å²) >= 11 is 0. The molecule has 118 valence electrons. The zero-order valence-electron chi connectivity index (χ0n) is 12.2. The molecule has 2 fully saturated rings. The van der Waals surface area contributed by atoms with Crippen LogP contribution in [0.3, 0.4) is 0 Å². The third-order valence-corrected chi connectivity index (χ3v) is 5.90. The Bertz CT molecular complexity index is 613. The summed E-state index contributed by atoms with van der Waals surface area (Å²) in [4.78, 5) is 0.242. The maximum absolute atomic E-state index is 12.6. The van der Waals surface area contributed by atoms with Crippen LogP contribution in [0.4, 0.5) is 0 Å². The number of ether oxygens (including phenoxy) is 1. The Morgan fingerprint density at radius 3 is 2.67 bits per heavy atom. The summed E-state index contributed by atoms with van der Waals surface area (Å²) < 4.78 is 35.2. The van der Waals surface area contributed by atoms with Crippen molar-refractivity contribution in [2.75, 3.05) is 13.2 Å². The summed E-state index contributed by atoms with van der Waals surface area (Å²) in [5.74, 6) is 0. The maximum atomic E-state index is 12.6. The normalized spacial score (nSPS) is 22.4. The van der Waals surface area contributed by atoms with Gasteiger partial charge in [-0.1, -0.05) is 0 Å². The van der Waals surface area contributed by atoms with E-state index >= 15 is 0 Å². The van der Waals surface area contributed by atoms with E-state index in [4.69, 9.17) is 4.74 Å². The fraction of sp³-hybridized carbons (Fsp3) is 0.714. The number of rotatable bonds is 5. The molecule has 7 heteroatoms. The number of aromatic nitrogens is 1. The Morgan fingerprint density at radius 1 is 1.43 bits per heavy atom. The van der Waals surface area contributed by atoms with Gasteiger partial charge in [-0.2, -0.15) is 0 Å². The maximum Gasteiger partial charge on any atom is 0.242 e. The van der Waals surface area contributed by atoms with E-state index in [0.29, 0.717) is 37.8 Å². The minimum absolute atomic E-state index is 0.142. The van der Waals surface area contributed by atoms with Crippen LogP contribution in [0.2, 0.25) is 0 Å². The molecule has 6 nitrogen and oxygen atoms in total. The van der Waals surface area contributed by atoms with Crippen LogP contribution >= 0.6 is 0 Å². The predicted octanol–water partition coefficient (Wildman–Crippen LogP) is 1.16. The van der Waals surface area contributed by atoms with Crippen molar-refractivity contribution in [1.82, 2.24) is 9.29 Å². The lowest BCUT2D eigenvalue weighted by Crippen LogP contribution is -2.49. The second-order valence-corrected chi connectivity index (χ2v) is 7.92. The van der Waals surface area contributed by atoms with Gasteiger partial charge in [0.25, 0.3) is 0 Å². The second-order valence-electron chi connectivity index (χ2n) is 6.24. The summed E-state index contributed by atoms with van der Waals surface area (Å²) in [6.07, 6.45) is 5.08. The molecule has 1 aromatic rings. The molecule has 0 amide bonds. The number of aliphatic hydroxyl groups excluding tert-OH is 1. The van der Waals surface area contributed by atoms with Crippen LogP contribution < -0.4 is 4.72 Å². The molecule has 1 aliphatic carbocycles. The van der Waals surface area contributed by atoms with Crippen molar-refractivity contribution in [3.05, 3.63) is 18.0 Å². The third-order valence-electron chi connectivity index (χ3n) is 4.30. The van der Waals surface area contributed by atoms with Crippen LogP contribution in [0.1, 0.15) is 44.3 Å². The van der Waals surface area contributed by atoms with Crippen LogP contribution in [0.5, 0.6) is 0 Å². The Morgan fingerprint density at radius 2 is 2.10 bits per heavy atom. The number of sulfonamides is 1. The van der Waals surface area contributed by atoms with Crippen molar-refractivity contribution in [2.24, 2.45) is 0 Å². The molecule has 0 radical (unpaired) electrons. The van der Waals surface area contributed by atoms with Crippen LogP contribution in [0.25, 0.3) is 0 Å². The highest BCUT2D eigenvalue weighted by atomic mass is 32.2. The molecular formula is C14H22N2O4S. The van der Waals surface area contributed by atoms with Gasteiger partial charge < -0.3 is 14.4 Å². The predicted molar refractivity (Wildman–Crippen MR) is 77.4 cm³/mol. The highest BCUT2D eigenvalue weighted by Gasteiger charge is 2.34. The van der Waals surface area contributed by atoms with Gasteiger partial charge in [0.15, 0.2) is 0 Å². The first-order valence-corrected chi connectivity index (χ1v) is 8.85. The monoisotopic (exact) mass is 314 g/mol. The summed E-state index contributed by atoms with van der Waals surface area (Å²) in [5, 5.41) is 9.39. The van der Waals surface area contributed by atoms with Gasteiger partial charge in [-0.3, -0.25) is 0 Å². The molecule has 0 spiro atoms. The molecule has 1 aliphatic heterocycles. The summed E-state index contributed by atoms with van der Waals surface area (Å²) in [7, 11) is -3.57. The smallest absolute Gasteiger partial charge is 0.242 e. The lowest BCUT2D eigenvalue weighted by molar-refractivity contribution is 0.0537. The van der Waals surface area contributed by atoms with Gasteiger partial charge in [0.05, 0.1) is 6.61 Å². The molecule has 0 aromatic carbocycles. The molecule has 0 atom stereocenters. The van der Waals surface area contributed by atoms with Gasteiger partial charge in [0.2, 0.25) is 10.0 Å². The van der Waals surface area contributed by atoms with Crippen LogP contribution in [-0.2, 0) is 21.4 Å². The van der Waals surface area contributed by atoms with Crippen molar-refractivity contribution >= 4 is 10.0 Å². The topological polar surface area (TPSA) is 80.6 Å². The first-order valence-electron chi connectivity index (χ1n) is 7.37. The van der Waals surface area contributed by atoms with Gasteiger partial charge in [0.1, 0.15) is 4.90 Å². The van der Waals surface area contributed by atoms with E-state index in [1.807, 2.05) is 11.5 Å². The highest BCUT2D eigenvalue weighted by molar-refractivity contribution is 7.89. The van der Waals surface area contributed by atoms with Gasteiger partial charge in [-0.25, -0.2) is 13.1 Å². The zero-order chi connectivity index (χ0) is 15.1. The lowest BCUT2D eigenvalue weighted by Gasteiger charge is -2.33. The van der Waals surface area contributed by atoms with Crippen molar-refractivity contribution < 1.29 is 18.3 Å². The van der Waals surface area contributed by atoms with E-state index in [0.717, 1.165) is 12.8 Å². The number of nitrogens with one attached hydrogen (secondary N) is 1. The molecule has 2 N–H and O–H groups in total. The average Bonchev–Trinajstić information content (AvgIpc) is 3.17. The summed E-state index contributed by atoms with van der Waals surface area (Å²) in [6, 6.07) is 1.92. The first-order chi connectivity index (χ1) is 9.93. The molecular weight excluding hydrogens is 292 g/mol. The SMILES string of the molecule is CC1(NS(=O)(=O)c2cc(CO)n(C3CC3)c2)CCOCC1. The lowest BCUT2D eigenvalue weighted by atomic mass is 9.94. The van der Waals surface area contributed by atoms with E-state index in [1.165, 1.54) is 0 Å². The Hall–Kier alpha value is -0.890. The highest BCUT2D eigenvalue weighted by Crippen LogP contribution is 2.37. The van der Waals surface area contributed by atoms with E-state index < -0.39 is 15.6 Å². The Kier molecular flexibility index (Phi) is 3.85. The molecule has 0 bridgehead atoms. The molecule has 1 saturated heterocycles. The number of aliphatic hydroxyl groups is 1. The van der Waals surface area contributed by atoms with Crippen molar-refractivity contribution in [3.63, 3.8) is 0 Å². The largest absolute Gasteiger partial charge is 0.390 e. The fourth-order valence-corrected chi connectivity index (χ4v) is 4.28. The number of hydrogen-bond acceptors (Lipinski definition) is 4. The summed E-state index contributed by atoms with van der Waals surface area (Å²) in [5.41, 5.74) is 0.202. The van der Waals surface area contributed by atoms with Crippen LogP contribution in [0.15, 0.2) is 17.2 Å². The molecule has 1 saturated carbocycles. The standard InChI is InChI=1S/C14H22N2O4S/c1-14(4-6-20-7-5-14)15-21(18,19)13-8-12(10-17)16(9-13)11-2-3-11/h8-9,11,15,17H,2-7,10H2,1H3. The second kappa shape index (κ2) is 5.39. The van der Waals surface area contributed by atoms with E-state index in [-0.39, 0.29) is 11.5 Å². The fourth-order valence-electron chi connectivity index (χ4n) is 2.77. The van der Waals surface area contributed by atoms with Crippen molar-refractivity contribution in [3.8, 4) is 0 Å². The molecule has 21 heavy (non-hydrogen) atoms. The van der Waals surface area contributed by atoms with Gasteiger partial charge in [0, 0.05) is 36.7 Å². The minimum Gasteiger partial charge on any atom is -0.390 e. The van der Waals surface area contributed by atoms with Crippen LogP contribution in [0, 0.1) is 0 Å². The van der Waals surface area contributed by atoms with Gasteiger partial charge in [-0.15, -0.1) is 0 Å². The average molecular weight is 314 g/mol. The van der Waals surface area contributed by atoms with Crippen molar-refractivity contribution in [1.29, 1.82) is 0 Å². The number of hydrogen-bond donors (Lipinski definition) is 2. The van der Waals surface area contributed by atoms with Gasteiger partial charge in [-0.05, 0) is 38.7 Å². The molecule has 2 heterocycles. The van der Waals surface area contributed by atoms with Crippen LogP contribution in [-0.4, -0.2) is 36.8 Å². The van der Waals surface area contributed by atoms with E-state index in [2.05, 4.69) is 4.72 Å². The third kappa shape index (κ3) is 3.15. The Labute approximate surface area is 125 Å². The minimum atomic E-state index is -3.57. The van der Waals surface area contributed by atoms with E-state index in [9.17, 15) is 13.5 Å². The number of nitrogens with zero attached hydrogens (tertiary/aromatic N) is 1. The van der Waals surface area contributed by atoms with E-state index in [1.54, 1.807) is 12.3 Å². The first kappa shape index (κ1) is 15.0. The molecule has 1 aromatic heterocycles. The zero-order valence-corrected chi connectivity index (χ0v) is 13.0. The van der Waals surface area contributed by atoms with Gasteiger partial charge >= 0.3 is 0 Å². The molecule has 0 unspecified atom stereocenters. The molecule has 3 rings (SSSR count).